The van der Waals surface area contributed by atoms with Crippen molar-refractivity contribution in [1.29, 1.82) is 5.26 Å². The highest BCUT2D eigenvalue weighted by atomic mass is 19.1. The molecule has 0 spiro atoms. The van der Waals surface area contributed by atoms with Gasteiger partial charge >= 0.3 is 0 Å². The second kappa shape index (κ2) is 9.50. The Morgan fingerprint density at radius 2 is 1.05 bits per heavy atom. The third-order valence-corrected chi connectivity index (χ3v) is 8.33. The first kappa shape index (κ1) is 24.2. The summed E-state index contributed by atoms with van der Waals surface area (Å²) in [5.74, 6) is -0.422. The van der Waals surface area contributed by atoms with E-state index in [0.29, 0.717) is 11.1 Å². The predicted molar refractivity (Wildman–Crippen MR) is 171 cm³/mol. The maximum absolute atomic E-state index is 14.3. The van der Waals surface area contributed by atoms with Gasteiger partial charge in [-0.05, 0) is 88.2 Å². The number of nitriles is 1. The molecule has 0 N–H and O–H groups in total. The van der Waals surface area contributed by atoms with Gasteiger partial charge in [0.2, 0.25) is 0 Å². The van der Waals surface area contributed by atoms with Gasteiger partial charge in [-0.25, -0.2) is 4.39 Å². The van der Waals surface area contributed by atoms with E-state index in [0.717, 1.165) is 39.7 Å². The van der Waals surface area contributed by atoms with E-state index in [1.807, 2.05) is 12.1 Å². The van der Waals surface area contributed by atoms with Crippen molar-refractivity contribution in [3.8, 4) is 17.2 Å². The van der Waals surface area contributed by atoms with Gasteiger partial charge in [-0.1, -0.05) is 78.9 Å². The van der Waals surface area contributed by atoms with Crippen LogP contribution < -0.4 is 26.2 Å². The molecule has 2 aliphatic heterocycles. The molecule has 6 aromatic carbocycles. The second-order valence-electron chi connectivity index (χ2n) is 10.6. The second-order valence-corrected chi connectivity index (χ2v) is 10.6. The van der Waals surface area contributed by atoms with Crippen LogP contribution in [0.15, 0.2) is 140 Å². The lowest BCUT2D eigenvalue weighted by atomic mass is 9.33. The Kier molecular flexibility index (Phi) is 5.48. The van der Waals surface area contributed by atoms with Crippen LogP contribution in [0.2, 0.25) is 0 Å². The van der Waals surface area contributed by atoms with Gasteiger partial charge in [0.1, 0.15) is 5.82 Å². The average Bonchev–Trinajstić information content (AvgIpc) is 3.05. The summed E-state index contributed by atoms with van der Waals surface area (Å²) in [5, 5.41) is 10.0. The Hall–Kier alpha value is -5.60. The monoisotopic (exact) mass is 539 g/mol. The van der Waals surface area contributed by atoms with Crippen molar-refractivity contribution in [2.24, 2.45) is 0 Å². The molecule has 0 fully saturated rings. The number of nitrogens with zero attached hydrogens (tertiary/aromatic N) is 3. The highest BCUT2D eigenvalue weighted by Gasteiger charge is 2.43. The Labute approximate surface area is 244 Å². The standard InChI is InChI=1S/C37H23BFN3/c39-27-19-20-30(26(21-27)24-40)25-22-35-37-36(23-25)42(29-13-5-2-6-14-29)34-18-10-8-16-32(34)38(37)31-15-7-9-17-33(31)41(35)28-11-3-1-4-12-28/h1-23H. The van der Waals surface area contributed by atoms with Crippen molar-refractivity contribution >= 4 is 57.2 Å². The Morgan fingerprint density at radius 1 is 0.548 bits per heavy atom. The normalized spacial score (nSPS) is 12.7. The number of halogens is 1. The third-order valence-electron chi connectivity index (χ3n) is 8.33. The lowest BCUT2D eigenvalue weighted by molar-refractivity contribution is 0.627. The molecule has 3 nitrogen and oxygen atoms in total. The van der Waals surface area contributed by atoms with E-state index in [9.17, 15) is 9.65 Å². The van der Waals surface area contributed by atoms with Crippen LogP contribution in [-0.2, 0) is 0 Å². The highest BCUT2D eigenvalue weighted by Crippen LogP contribution is 2.45. The molecule has 0 unspecified atom stereocenters. The quantitative estimate of drug-likeness (QED) is 0.219. The highest BCUT2D eigenvalue weighted by molar-refractivity contribution is 7.00. The maximum atomic E-state index is 14.3. The largest absolute Gasteiger partial charge is 0.311 e. The number of rotatable bonds is 3. The van der Waals surface area contributed by atoms with Crippen LogP contribution in [-0.4, -0.2) is 6.71 Å². The lowest BCUT2D eigenvalue weighted by Crippen LogP contribution is -2.61. The molecule has 2 heterocycles. The zero-order valence-electron chi connectivity index (χ0n) is 22.6. The number of hydrogen-bond donors (Lipinski definition) is 0. The van der Waals surface area contributed by atoms with Crippen LogP contribution >= 0.6 is 0 Å². The molecule has 0 aliphatic carbocycles. The van der Waals surface area contributed by atoms with E-state index in [1.54, 1.807) is 6.07 Å². The molecule has 196 valence electrons. The van der Waals surface area contributed by atoms with Crippen molar-refractivity contribution in [3.05, 3.63) is 151 Å². The van der Waals surface area contributed by atoms with Crippen LogP contribution in [0.3, 0.4) is 0 Å². The fourth-order valence-corrected chi connectivity index (χ4v) is 6.62. The summed E-state index contributed by atoms with van der Waals surface area (Å²) in [6.45, 7) is 0.0139. The molecule has 42 heavy (non-hydrogen) atoms. The molecule has 0 atom stereocenters. The zero-order valence-corrected chi connectivity index (χ0v) is 22.6. The molecule has 0 bridgehead atoms. The molecule has 0 amide bonds. The van der Waals surface area contributed by atoms with Gasteiger partial charge < -0.3 is 9.80 Å². The number of para-hydroxylation sites is 4. The van der Waals surface area contributed by atoms with Gasteiger partial charge in [-0.3, -0.25) is 0 Å². The van der Waals surface area contributed by atoms with Crippen molar-refractivity contribution in [2.75, 3.05) is 9.80 Å². The van der Waals surface area contributed by atoms with E-state index in [-0.39, 0.29) is 6.71 Å². The van der Waals surface area contributed by atoms with Crippen LogP contribution in [0.1, 0.15) is 5.56 Å². The smallest absolute Gasteiger partial charge is 0.252 e. The fraction of sp³-hybridized carbons (Fsp3) is 0. The van der Waals surface area contributed by atoms with E-state index in [4.69, 9.17) is 0 Å². The Balaban J connectivity index is 1.52. The summed E-state index contributed by atoms with van der Waals surface area (Å²) >= 11 is 0. The first-order chi connectivity index (χ1) is 20.7. The van der Waals surface area contributed by atoms with E-state index in [1.165, 1.54) is 28.5 Å². The summed E-state index contributed by atoms with van der Waals surface area (Å²) < 4.78 is 14.3. The minimum Gasteiger partial charge on any atom is -0.311 e. The topological polar surface area (TPSA) is 30.3 Å². The van der Waals surface area contributed by atoms with Crippen molar-refractivity contribution in [1.82, 2.24) is 0 Å². The summed E-state index contributed by atoms with van der Waals surface area (Å²) in [7, 11) is 0. The van der Waals surface area contributed by atoms with Crippen LogP contribution in [0, 0.1) is 17.1 Å². The summed E-state index contributed by atoms with van der Waals surface area (Å²) in [6, 6.07) is 49.0. The van der Waals surface area contributed by atoms with Gasteiger partial charge in [0.25, 0.3) is 6.71 Å². The number of benzene rings is 6. The van der Waals surface area contributed by atoms with E-state index >= 15 is 0 Å². The first-order valence-corrected chi connectivity index (χ1v) is 14.0. The van der Waals surface area contributed by atoms with Crippen LogP contribution in [0.5, 0.6) is 0 Å². The molecule has 2 aliphatic rings. The van der Waals surface area contributed by atoms with Crippen molar-refractivity contribution in [3.63, 3.8) is 0 Å². The minimum atomic E-state index is -0.422. The van der Waals surface area contributed by atoms with Gasteiger partial charge in [0.15, 0.2) is 0 Å². The zero-order chi connectivity index (χ0) is 28.2. The van der Waals surface area contributed by atoms with Crippen molar-refractivity contribution in [2.45, 2.75) is 0 Å². The molecule has 0 aromatic heterocycles. The fourth-order valence-electron chi connectivity index (χ4n) is 6.62. The molecule has 8 rings (SSSR count). The molecule has 6 aromatic rings. The van der Waals surface area contributed by atoms with Gasteiger partial charge in [-0.2, -0.15) is 5.26 Å². The van der Waals surface area contributed by atoms with Crippen molar-refractivity contribution < 1.29 is 4.39 Å². The van der Waals surface area contributed by atoms with Crippen LogP contribution in [0.4, 0.5) is 38.5 Å². The van der Waals surface area contributed by atoms with Gasteiger partial charge in [-0.15, -0.1) is 0 Å². The SMILES string of the molecule is N#Cc1cc(F)ccc1-c1cc2c3c(c1)N(c1ccccc1)c1ccccc1B3c1ccccc1N2c1ccccc1. The minimum absolute atomic E-state index is 0.0139. The predicted octanol–water partition coefficient (Wildman–Crippen LogP) is 7.45. The van der Waals surface area contributed by atoms with Gasteiger partial charge in [0.05, 0.1) is 11.6 Å². The molecular weight excluding hydrogens is 516 g/mol. The number of fused-ring (bicyclic) bond motifs is 4. The summed E-state index contributed by atoms with van der Waals surface area (Å²) in [6.07, 6.45) is 0. The number of anilines is 6. The molecule has 0 radical (unpaired) electrons. The Morgan fingerprint density at radius 3 is 1.57 bits per heavy atom. The van der Waals surface area contributed by atoms with E-state index < -0.39 is 5.82 Å². The summed E-state index contributed by atoms with van der Waals surface area (Å²) in [5.41, 5.74) is 12.0. The average molecular weight is 539 g/mol. The first-order valence-electron chi connectivity index (χ1n) is 14.0. The third kappa shape index (κ3) is 3.59. The van der Waals surface area contributed by atoms with Crippen LogP contribution in [0.25, 0.3) is 11.1 Å². The molecule has 0 saturated carbocycles. The lowest BCUT2D eigenvalue weighted by Gasteiger charge is -2.44. The molecular formula is C37H23BFN3. The van der Waals surface area contributed by atoms with Gasteiger partial charge in [0, 0.05) is 34.1 Å². The van der Waals surface area contributed by atoms with E-state index in [2.05, 4.69) is 125 Å². The molecule has 0 saturated heterocycles. The molecule has 5 heteroatoms. The number of hydrogen-bond acceptors (Lipinski definition) is 3. The summed E-state index contributed by atoms with van der Waals surface area (Å²) in [4.78, 5) is 4.64. The maximum Gasteiger partial charge on any atom is 0.252 e. The Bertz CT molecular complexity index is 1920.